The molecule has 1 saturated heterocycles. The van der Waals surface area contributed by atoms with Crippen LogP contribution in [0, 0.1) is 5.92 Å². The first-order chi connectivity index (χ1) is 7.63. The van der Waals surface area contributed by atoms with Gasteiger partial charge in [-0.3, -0.25) is 4.79 Å². The molecule has 0 amide bonds. The molecule has 16 heavy (non-hydrogen) atoms. The fourth-order valence-electron chi connectivity index (χ4n) is 2.06. The number of hydrogen-bond donors (Lipinski definition) is 0. The molecule has 0 unspecified atom stereocenters. The molecule has 1 fully saturated rings. The Morgan fingerprint density at radius 2 is 2.31 bits per heavy atom. The lowest BCUT2D eigenvalue weighted by Crippen LogP contribution is -2.39. The van der Waals surface area contributed by atoms with Crippen molar-refractivity contribution in [2.45, 2.75) is 33.1 Å². The summed E-state index contributed by atoms with van der Waals surface area (Å²) in [4.78, 5) is 14.0. The maximum Gasteiger partial charge on any atom is 0.310 e. The van der Waals surface area contributed by atoms with Gasteiger partial charge in [0.1, 0.15) is 0 Å². The highest BCUT2D eigenvalue weighted by molar-refractivity contribution is 5.72. The van der Waals surface area contributed by atoms with E-state index in [0.29, 0.717) is 6.61 Å². The molecular formula is C13H23NO2. The molecule has 0 saturated carbocycles. The Morgan fingerprint density at radius 3 is 2.94 bits per heavy atom. The minimum atomic E-state index is -0.0254. The fourth-order valence-corrected chi connectivity index (χ4v) is 2.06. The highest BCUT2D eigenvalue weighted by atomic mass is 16.5. The number of ether oxygens (including phenoxy) is 1. The molecule has 0 aromatic heterocycles. The normalized spacial score (nSPS) is 21.8. The third-order valence-electron chi connectivity index (χ3n) is 2.98. The molecule has 1 atom stereocenters. The summed E-state index contributed by atoms with van der Waals surface area (Å²) in [5.74, 6) is 0.0568. The summed E-state index contributed by atoms with van der Waals surface area (Å²) >= 11 is 0. The number of piperidine rings is 1. The zero-order valence-corrected chi connectivity index (χ0v) is 10.5. The van der Waals surface area contributed by atoms with Gasteiger partial charge in [0.05, 0.1) is 12.5 Å². The van der Waals surface area contributed by atoms with Gasteiger partial charge in [-0.2, -0.15) is 0 Å². The fraction of sp³-hybridized carbons (Fsp3) is 0.769. The van der Waals surface area contributed by atoms with E-state index in [1.54, 1.807) is 0 Å². The molecule has 3 heteroatoms. The molecule has 1 rings (SSSR count). The van der Waals surface area contributed by atoms with Crippen LogP contribution in [0.15, 0.2) is 12.2 Å². The monoisotopic (exact) mass is 225 g/mol. The highest BCUT2D eigenvalue weighted by Crippen LogP contribution is 2.18. The SMILES string of the molecule is C=C(C)CCN1CCC[C@@H](C(=O)OCC)C1. The third-order valence-corrected chi connectivity index (χ3v) is 2.98. The molecule has 0 aliphatic carbocycles. The van der Waals surface area contributed by atoms with Gasteiger partial charge in [0.25, 0.3) is 0 Å². The second-order valence-electron chi connectivity index (χ2n) is 4.60. The Morgan fingerprint density at radius 1 is 1.56 bits per heavy atom. The van der Waals surface area contributed by atoms with Crippen LogP contribution in [-0.4, -0.2) is 37.1 Å². The van der Waals surface area contributed by atoms with Gasteiger partial charge in [-0.1, -0.05) is 5.57 Å². The first kappa shape index (κ1) is 13.2. The summed E-state index contributed by atoms with van der Waals surface area (Å²) in [5, 5.41) is 0. The van der Waals surface area contributed by atoms with Crippen LogP contribution in [0.1, 0.15) is 33.1 Å². The zero-order chi connectivity index (χ0) is 12.0. The average molecular weight is 225 g/mol. The van der Waals surface area contributed by atoms with Crippen molar-refractivity contribution >= 4 is 5.97 Å². The van der Waals surface area contributed by atoms with Crippen LogP contribution >= 0.6 is 0 Å². The number of carbonyl (C=O) groups excluding carboxylic acids is 1. The Kier molecular flexibility index (Phi) is 5.53. The van der Waals surface area contributed by atoms with Crippen molar-refractivity contribution in [3.05, 3.63) is 12.2 Å². The molecule has 0 radical (unpaired) electrons. The Bertz CT molecular complexity index is 250. The van der Waals surface area contributed by atoms with Crippen LogP contribution in [-0.2, 0) is 9.53 Å². The summed E-state index contributed by atoms with van der Waals surface area (Å²) in [6.07, 6.45) is 3.09. The topological polar surface area (TPSA) is 29.5 Å². The van der Waals surface area contributed by atoms with E-state index in [2.05, 4.69) is 11.5 Å². The Balaban J connectivity index is 2.34. The molecule has 0 spiro atoms. The van der Waals surface area contributed by atoms with E-state index in [1.165, 1.54) is 5.57 Å². The van der Waals surface area contributed by atoms with Gasteiger partial charge in [-0.15, -0.1) is 6.58 Å². The lowest BCUT2D eigenvalue weighted by molar-refractivity contribution is -0.149. The van der Waals surface area contributed by atoms with Crippen molar-refractivity contribution in [2.75, 3.05) is 26.2 Å². The van der Waals surface area contributed by atoms with Crippen molar-refractivity contribution in [3.8, 4) is 0 Å². The number of esters is 1. The van der Waals surface area contributed by atoms with Gasteiger partial charge in [-0.25, -0.2) is 0 Å². The standard InChI is InChI=1S/C13H23NO2/c1-4-16-13(15)12-6-5-8-14(10-12)9-7-11(2)3/h12H,2,4-10H2,1,3H3/t12-/m1/s1. The van der Waals surface area contributed by atoms with Gasteiger partial charge >= 0.3 is 5.97 Å². The van der Waals surface area contributed by atoms with Crippen LogP contribution in [0.5, 0.6) is 0 Å². The number of rotatable bonds is 5. The molecule has 3 nitrogen and oxygen atoms in total. The van der Waals surface area contributed by atoms with Gasteiger partial charge < -0.3 is 9.64 Å². The van der Waals surface area contributed by atoms with Crippen molar-refractivity contribution in [3.63, 3.8) is 0 Å². The maximum absolute atomic E-state index is 11.6. The van der Waals surface area contributed by atoms with E-state index in [-0.39, 0.29) is 11.9 Å². The van der Waals surface area contributed by atoms with Crippen LogP contribution < -0.4 is 0 Å². The first-order valence-corrected chi connectivity index (χ1v) is 6.16. The molecule has 1 heterocycles. The average Bonchev–Trinajstić information content (AvgIpc) is 2.27. The predicted octanol–water partition coefficient (Wildman–Crippen LogP) is 2.23. The van der Waals surface area contributed by atoms with Crippen molar-refractivity contribution in [1.29, 1.82) is 0 Å². The molecule has 0 N–H and O–H groups in total. The summed E-state index contributed by atoms with van der Waals surface area (Å²) < 4.78 is 5.07. The molecule has 1 aliphatic rings. The van der Waals surface area contributed by atoms with E-state index in [9.17, 15) is 4.79 Å². The maximum atomic E-state index is 11.6. The predicted molar refractivity (Wildman–Crippen MR) is 65.2 cm³/mol. The zero-order valence-electron chi connectivity index (χ0n) is 10.5. The van der Waals surface area contributed by atoms with Gasteiger partial charge in [0, 0.05) is 13.1 Å². The Hall–Kier alpha value is -0.830. The van der Waals surface area contributed by atoms with Crippen molar-refractivity contribution < 1.29 is 9.53 Å². The summed E-state index contributed by atoms with van der Waals surface area (Å²) in [7, 11) is 0. The van der Waals surface area contributed by atoms with Crippen LogP contribution in [0.3, 0.4) is 0 Å². The highest BCUT2D eigenvalue weighted by Gasteiger charge is 2.26. The molecular weight excluding hydrogens is 202 g/mol. The molecule has 92 valence electrons. The van der Waals surface area contributed by atoms with Gasteiger partial charge in [0.2, 0.25) is 0 Å². The van der Waals surface area contributed by atoms with E-state index >= 15 is 0 Å². The number of carbonyl (C=O) groups is 1. The van der Waals surface area contributed by atoms with Crippen LogP contribution in [0.4, 0.5) is 0 Å². The first-order valence-electron chi connectivity index (χ1n) is 6.16. The van der Waals surface area contributed by atoms with E-state index < -0.39 is 0 Å². The van der Waals surface area contributed by atoms with Crippen LogP contribution in [0.25, 0.3) is 0 Å². The molecule has 0 aromatic rings. The Labute approximate surface area is 98.5 Å². The van der Waals surface area contributed by atoms with Crippen molar-refractivity contribution in [1.82, 2.24) is 4.90 Å². The molecule has 0 bridgehead atoms. The number of nitrogens with zero attached hydrogens (tertiary/aromatic N) is 1. The van der Waals surface area contributed by atoms with Crippen LogP contribution in [0.2, 0.25) is 0 Å². The number of hydrogen-bond acceptors (Lipinski definition) is 3. The summed E-state index contributed by atoms with van der Waals surface area (Å²) in [6, 6.07) is 0. The second-order valence-corrected chi connectivity index (χ2v) is 4.60. The third kappa shape index (κ3) is 4.35. The van der Waals surface area contributed by atoms with E-state index in [4.69, 9.17) is 4.74 Å². The van der Waals surface area contributed by atoms with E-state index in [0.717, 1.165) is 38.9 Å². The lowest BCUT2D eigenvalue weighted by Gasteiger charge is -2.31. The van der Waals surface area contributed by atoms with Gasteiger partial charge in [0.15, 0.2) is 0 Å². The largest absolute Gasteiger partial charge is 0.466 e. The quantitative estimate of drug-likeness (QED) is 0.531. The summed E-state index contributed by atoms with van der Waals surface area (Å²) in [5.41, 5.74) is 1.21. The van der Waals surface area contributed by atoms with Crippen molar-refractivity contribution in [2.24, 2.45) is 5.92 Å². The van der Waals surface area contributed by atoms with E-state index in [1.807, 2.05) is 13.8 Å². The second kappa shape index (κ2) is 6.69. The smallest absolute Gasteiger partial charge is 0.310 e. The minimum absolute atomic E-state index is 0.0254. The molecule has 0 aromatic carbocycles. The number of likely N-dealkylation sites (tertiary alicyclic amines) is 1. The summed E-state index contributed by atoms with van der Waals surface area (Å²) in [6.45, 7) is 11.3. The van der Waals surface area contributed by atoms with Gasteiger partial charge in [-0.05, 0) is 39.7 Å². The lowest BCUT2D eigenvalue weighted by atomic mass is 9.98. The minimum Gasteiger partial charge on any atom is -0.466 e. The molecule has 1 aliphatic heterocycles.